The quantitative estimate of drug-likeness (QED) is 0.114. The predicted octanol–water partition coefficient (Wildman–Crippen LogP) is -0.796. The highest BCUT2D eigenvalue weighted by atomic mass is 16.4. The Bertz CT molecular complexity index is 716. The number of carbonyl (C=O) groups excluding carboxylic acids is 5. The zero-order chi connectivity index (χ0) is 26.3. The van der Waals surface area contributed by atoms with Crippen LogP contribution in [0.2, 0.25) is 0 Å². The lowest BCUT2D eigenvalue weighted by Gasteiger charge is -2.28. The number of unbranched alkanes of at least 4 members (excludes halogenated alkanes) is 1. The van der Waals surface area contributed by atoms with Gasteiger partial charge in [0.2, 0.25) is 23.6 Å². The lowest BCUT2D eigenvalue weighted by Crippen LogP contribution is -2.58. The van der Waals surface area contributed by atoms with Gasteiger partial charge in [0.15, 0.2) is 0 Å². The zero-order valence-corrected chi connectivity index (χ0v) is 20.4. The predicted molar refractivity (Wildman–Crippen MR) is 124 cm³/mol. The molecule has 4 amide bonds. The monoisotopic (exact) mass is 485 g/mol. The lowest BCUT2D eigenvalue weighted by atomic mass is 9.97. The molecule has 0 aromatic carbocycles. The number of carboxylic acids is 1. The molecular formula is C22H39N5O7. The number of nitrogens with one attached hydrogen (secondary N) is 4. The van der Waals surface area contributed by atoms with E-state index in [9.17, 15) is 28.8 Å². The highest BCUT2D eigenvalue weighted by Crippen LogP contribution is 2.11. The first-order chi connectivity index (χ1) is 16.0. The average molecular weight is 486 g/mol. The van der Waals surface area contributed by atoms with E-state index in [-0.39, 0.29) is 12.3 Å². The second-order valence-electron chi connectivity index (χ2n) is 8.32. The van der Waals surface area contributed by atoms with Crippen molar-refractivity contribution in [3.05, 3.63) is 0 Å². The van der Waals surface area contributed by atoms with Crippen molar-refractivity contribution in [2.24, 2.45) is 11.7 Å². The second kappa shape index (κ2) is 16.6. The molecule has 0 saturated heterocycles. The minimum Gasteiger partial charge on any atom is -0.481 e. The summed E-state index contributed by atoms with van der Waals surface area (Å²) in [5, 5.41) is 19.0. The van der Waals surface area contributed by atoms with Crippen LogP contribution in [0, 0.1) is 5.92 Å². The largest absolute Gasteiger partial charge is 0.481 e. The zero-order valence-electron chi connectivity index (χ0n) is 20.4. The van der Waals surface area contributed by atoms with Crippen molar-refractivity contribution < 1.29 is 33.9 Å². The number of hydrogen-bond acceptors (Lipinski definition) is 7. The number of carbonyl (C=O) groups is 6. The first kappa shape index (κ1) is 31.0. The molecule has 0 fully saturated rings. The molecule has 0 rings (SSSR count). The van der Waals surface area contributed by atoms with Crippen LogP contribution in [0.15, 0.2) is 0 Å². The third-order valence-electron chi connectivity index (χ3n) is 5.35. The van der Waals surface area contributed by atoms with Crippen molar-refractivity contribution in [2.75, 3.05) is 6.54 Å². The molecule has 12 nitrogen and oxygen atoms in total. The fourth-order valence-corrected chi connectivity index (χ4v) is 3.11. The molecule has 5 atom stereocenters. The van der Waals surface area contributed by atoms with Gasteiger partial charge in [0.05, 0.1) is 6.04 Å². The number of hydrogen-bond donors (Lipinski definition) is 6. The van der Waals surface area contributed by atoms with Gasteiger partial charge in [-0.05, 0) is 45.1 Å². The molecule has 0 bridgehead atoms. The van der Waals surface area contributed by atoms with Crippen LogP contribution in [0.25, 0.3) is 0 Å². The SMILES string of the molecule is CC[C@H](C)[C@H](NC(=O)[C@H](CCC(=O)O)NC(=O)[C@H](C)NC(C)=O)C(=O)N[C@H](C=O)CCCCN. The summed E-state index contributed by atoms with van der Waals surface area (Å²) in [5.74, 6) is -3.89. The van der Waals surface area contributed by atoms with Gasteiger partial charge in [-0.15, -0.1) is 0 Å². The smallest absolute Gasteiger partial charge is 0.303 e. The van der Waals surface area contributed by atoms with Crippen molar-refractivity contribution in [2.45, 2.75) is 90.4 Å². The van der Waals surface area contributed by atoms with Crippen LogP contribution < -0.4 is 27.0 Å². The van der Waals surface area contributed by atoms with E-state index in [1.807, 2.05) is 6.92 Å². The Balaban J connectivity index is 5.47. The summed E-state index contributed by atoms with van der Waals surface area (Å²) in [6, 6.07) is -3.94. The van der Waals surface area contributed by atoms with E-state index in [2.05, 4.69) is 21.3 Å². The van der Waals surface area contributed by atoms with Crippen molar-refractivity contribution in [3.8, 4) is 0 Å². The number of amides is 4. The van der Waals surface area contributed by atoms with Crippen LogP contribution in [-0.2, 0) is 28.8 Å². The van der Waals surface area contributed by atoms with Gasteiger partial charge >= 0.3 is 5.97 Å². The molecule has 194 valence electrons. The molecular weight excluding hydrogens is 446 g/mol. The van der Waals surface area contributed by atoms with Crippen molar-refractivity contribution in [1.82, 2.24) is 21.3 Å². The molecule has 12 heteroatoms. The maximum Gasteiger partial charge on any atom is 0.303 e. The standard InChI is InChI=1S/C22H39N5O7/c1-5-13(2)19(22(34)25-16(12-28)8-6-7-11-23)27-21(33)17(9-10-18(30)31)26-20(32)14(3)24-15(4)29/h12-14,16-17,19H,5-11,23H2,1-4H3,(H,24,29)(H,25,34)(H,26,32)(H,27,33)(H,30,31)/t13-,14-,16-,17-,19-/m0/s1. The molecule has 0 saturated carbocycles. The summed E-state index contributed by atoms with van der Waals surface area (Å²) in [6.07, 6.45) is 2.30. The summed E-state index contributed by atoms with van der Waals surface area (Å²) in [6.45, 7) is 6.70. The summed E-state index contributed by atoms with van der Waals surface area (Å²) in [7, 11) is 0. The van der Waals surface area contributed by atoms with Crippen LogP contribution in [0.3, 0.4) is 0 Å². The van der Waals surface area contributed by atoms with Crippen LogP contribution in [0.4, 0.5) is 0 Å². The minimum absolute atomic E-state index is 0.218. The van der Waals surface area contributed by atoms with Gasteiger partial charge in [-0.3, -0.25) is 24.0 Å². The minimum atomic E-state index is -1.24. The summed E-state index contributed by atoms with van der Waals surface area (Å²) in [5.41, 5.74) is 5.46. The van der Waals surface area contributed by atoms with E-state index in [1.165, 1.54) is 13.8 Å². The number of nitrogens with two attached hydrogens (primary N) is 1. The Hall–Kier alpha value is -3.02. The summed E-state index contributed by atoms with van der Waals surface area (Å²) < 4.78 is 0. The summed E-state index contributed by atoms with van der Waals surface area (Å²) >= 11 is 0. The fraction of sp³-hybridized carbons (Fsp3) is 0.727. The highest BCUT2D eigenvalue weighted by molar-refractivity contribution is 5.94. The Labute approximate surface area is 200 Å². The summed E-state index contributed by atoms with van der Waals surface area (Å²) in [4.78, 5) is 71.8. The third-order valence-corrected chi connectivity index (χ3v) is 5.35. The van der Waals surface area contributed by atoms with Crippen LogP contribution in [-0.4, -0.2) is 71.7 Å². The Morgan fingerprint density at radius 2 is 1.56 bits per heavy atom. The van der Waals surface area contributed by atoms with Crippen molar-refractivity contribution in [1.29, 1.82) is 0 Å². The molecule has 7 N–H and O–H groups in total. The van der Waals surface area contributed by atoms with E-state index in [1.54, 1.807) is 6.92 Å². The second-order valence-corrected chi connectivity index (χ2v) is 8.32. The number of aliphatic carboxylic acids is 1. The molecule has 0 spiro atoms. The molecule has 0 aliphatic heterocycles. The van der Waals surface area contributed by atoms with Crippen LogP contribution in [0.1, 0.15) is 66.2 Å². The van der Waals surface area contributed by atoms with Gasteiger partial charge in [-0.2, -0.15) is 0 Å². The molecule has 34 heavy (non-hydrogen) atoms. The maximum absolute atomic E-state index is 13.0. The number of aldehydes is 1. The van der Waals surface area contributed by atoms with Gasteiger partial charge in [0.1, 0.15) is 24.4 Å². The molecule has 0 unspecified atom stereocenters. The van der Waals surface area contributed by atoms with Gasteiger partial charge in [0.25, 0.3) is 0 Å². The Morgan fingerprint density at radius 1 is 0.912 bits per heavy atom. The van der Waals surface area contributed by atoms with Gasteiger partial charge in [-0.1, -0.05) is 20.3 Å². The normalized spacial score (nSPS) is 15.1. The highest BCUT2D eigenvalue weighted by Gasteiger charge is 2.31. The topological polar surface area (TPSA) is 197 Å². The van der Waals surface area contributed by atoms with E-state index >= 15 is 0 Å². The van der Waals surface area contributed by atoms with Gasteiger partial charge in [0, 0.05) is 13.3 Å². The Morgan fingerprint density at radius 3 is 2.06 bits per heavy atom. The van der Waals surface area contributed by atoms with Gasteiger partial charge in [-0.25, -0.2) is 0 Å². The van der Waals surface area contributed by atoms with E-state index in [4.69, 9.17) is 10.8 Å². The van der Waals surface area contributed by atoms with Crippen LogP contribution >= 0.6 is 0 Å². The van der Waals surface area contributed by atoms with E-state index in [0.29, 0.717) is 38.5 Å². The van der Waals surface area contributed by atoms with Gasteiger partial charge < -0.3 is 36.9 Å². The Kier molecular flexibility index (Phi) is 15.1. The number of rotatable bonds is 17. The molecule has 0 aliphatic rings. The lowest BCUT2D eigenvalue weighted by molar-refractivity contribution is -0.138. The molecule has 0 aliphatic carbocycles. The van der Waals surface area contributed by atoms with E-state index in [0.717, 1.165) is 0 Å². The first-order valence-corrected chi connectivity index (χ1v) is 11.5. The van der Waals surface area contributed by atoms with Crippen molar-refractivity contribution in [3.63, 3.8) is 0 Å². The van der Waals surface area contributed by atoms with E-state index < -0.39 is 60.2 Å². The van der Waals surface area contributed by atoms with Crippen molar-refractivity contribution >= 4 is 35.9 Å². The van der Waals surface area contributed by atoms with Crippen LogP contribution in [0.5, 0.6) is 0 Å². The average Bonchev–Trinajstić information content (AvgIpc) is 2.77. The molecule has 0 aromatic heterocycles. The molecule has 0 aromatic rings. The fourth-order valence-electron chi connectivity index (χ4n) is 3.11. The number of carboxylic acid groups (broad SMARTS) is 1. The first-order valence-electron chi connectivity index (χ1n) is 11.5. The molecule has 0 radical (unpaired) electrons. The third kappa shape index (κ3) is 12.3. The molecule has 0 heterocycles. The maximum atomic E-state index is 13.0.